The monoisotopic (exact) mass is 387 g/mol. The van der Waals surface area contributed by atoms with E-state index in [1.165, 1.54) is 0 Å². The van der Waals surface area contributed by atoms with E-state index in [4.69, 9.17) is 11.0 Å². The molecule has 4 rings (SSSR count). The fraction of sp³-hybridized carbons (Fsp3) is 0.273. The molecule has 0 unspecified atom stereocenters. The predicted molar refractivity (Wildman–Crippen MR) is 111 cm³/mol. The third kappa shape index (κ3) is 3.89. The van der Waals surface area contributed by atoms with Gasteiger partial charge in [0.1, 0.15) is 11.6 Å². The third-order valence-electron chi connectivity index (χ3n) is 5.28. The molecule has 146 valence electrons. The van der Waals surface area contributed by atoms with E-state index in [-0.39, 0.29) is 24.3 Å². The Bertz CT molecular complexity index is 1120. The summed E-state index contributed by atoms with van der Waals surface area (Å²) in [4.78, 5) is 21.1. The normalized spacial score (nSPS) is 17.7. The molecule has 3 aromatic rings. The molecule has 0 saturated heterocycles. The number of benzene rings is 1. The first-order chi connectivity index (χ1) is 14.1. The lowest BCUT2D eigenvalue weighted by Crippen LogP contribution is -2.15. The maximum Gasteiger partial charge on any atom is 0.228 e. The number of nitrogen functional groups attached to an aromatic ring is 1. The lowest BCUT2D eigenvalue weighted by atomic mass is 10.0. The van der Waals surface area contributed by atoms with Crippen molar-refractivity contribution in [2.75, 3.05) is 17.7 Å². The summed E-state index contributed by atoms with van der Waals surface area (Å²) in [5.74, 6) is 0.737. The van der Waals surface area contributed by atoms with Crippen LogP contribution in [0.1, 0.15) is 18.4 Å². The summed E-state index contributed by atoms with van der Waals surface area (Å²) < 4.78 is 0. The topological polar surface area (TPSA) is 125 Å². The SMILES string of the molecule is N#CC[C@H]1C[C@@H]1C(=O)Nc1cc2cc(-c3ccccc3CCO)nc(N)c2cn1. The van der Waals surface area contributed by atoms with Gasteiger partial charge in [-0.05, 0) is 41.8 Å². The molecule has 0 aliphatic heterocycles. The van der Waals surface area contributed by atoms with Crippen LogP contribution in [0.2, 0.25) is 0 Å². The van der Waals surface area contributed by atoms with Crippen LogP contribution in [0.15, 0.2) is 42.6 Å². The van der Waals surface area contributed by atoms with E-state index in [0.717, 1.165) is 22.9 Å². The lowest BCUT2D eigenvalue weighted by Gasteiger charge is -2.11. The van der Waals surface area contributed by atoms with Gasteiger partial charge in [-0.15, -0.1) is 0 Å². The number of rotatable bonds is 6. The van der Waals surface area contributed by atoms with Crippen molar-refractivity contribution in [2.45, 2.75) is 19.3 Å². The van der Waals surface area contributed by atoms with Crippen LogP contribution in [0.5, 0.6) is 0 Å². The Balaban J connectivity index is 1.65. The zero-order valence-electron chi connectivity index (χ0n) is 15.8. The lowest BCUT2D eigenvalue weighted by molar-refractivity contribution is -0.117. The van der Waals surface area contributed by atoms with E-state index in [9.17, 15) is 9.90 Å². The van der Waals surface area contributed by atoms with Crippen molar-refractivity contribution >= 4 is 28.3 Å². The number of amides is 1. The highest BCUT2D eigenvalue weighted by atomic mass is 16.3. The summed E-state index contributed by atoms with van der Waals surface area (Å²) in [6.07, 6.45) is 3.28. The van der Waals surface area contributed by atoms with Crippen molar-refractivity contribution in [1.29, 1.82) is 5.26 Å². The maximum atomic E-state index is 12.3. The highest BCUT2D eigenvalue weighted by Crippen LogP contribution is 2.41. The molecule has 1 amide bonds. The van der Waals surface area contributed by atoms with Crippen molar-refractivity contribution < 1.29 is 9.90 Å². The van der Waals surface area contributed by atoms with Gasteiger partial charge in [-0.3, -0.25) is 4.79 Å². The fourth-order valence-corrected chi connectivity index (χ4v) is 3.62. The molecule has 2 atom stereocenters. The van der Waals surface area contributed by atoms with Gasteiger partial charge in [-0.25, -0.2) is 9.97 Å². The van der Waals surface area contributed by atoms with Crippen molar-refractivity contribution in [3.8, 4) is 17.3 Å². The van der Waals surface area contributed by atoms with Gasteiger partial charge in [-0.1, -0.05) is 24.3 Å². The number of hydrogen-bond donors (Lipinski definition) is 3. The average molecular weight is 387 g/mol. The van der Waals surface area contributed by atoms with E-state index < -0.39 is 0 Å². The summed E-state index contributed by atoms with van der Waals surface area (Å²) in [5.41, 5.74) is 8.77. The van der Waals surface area contributed by atoms with Gasteiger partial charge >= 0.3 is 0 Å². The molecule has 2 aromatic heterocycles. The Labute approximate surface area is 168 Å². The van der Waals surface area contributed by atoms with E-state index in [2.05, 4.69) is 21.4 Å². The van der Waals surface area contributed by atoms with Crippen LogP contribution in [-0.2, 0) is 11.2 Å². The number of nitrogens with two attached hydrogens (primary N) is 1. The van der Waals surface area contributed by atoms with Crippen LogP contribution in [0.25, 0.3) is 22.0 Å². The smallest absolute Gasteiger partial charge is 0.228 e. The van der Waals surface area contributed by atoms with Crippen LogP contribution in [0.4, 0.5) is 11.6 Å². The largest absolute Gasteiger partial charge is 0.396 e. The number of nitrogens with zero attached hydrogens (tertiary/aromatic N) is 3. The number of nitrogens with one attached hydrogen (secondary N) is 1. The second-order valence-corrected chi connectivity index (χ2v) is 7.27. The van der Waals surface area contributed by atoms with Crippen molar-refractivity contribution in [3.63, 3.8) is 0 Å². The van der Waals surface area contributed by atoms with E-state index in [1.807, 2.05) is 30.3 Å². The quantitative estimate of drug-likeness (QED) is 0.597. The van der Waals surface area contributed by atoms with Crippen LogP contribution in [0, 0.1) is 23.2 Å². The molecular weight excluding hydrogens is 366 g/mol. The molecule has 4 N–H and O–H groups in total. The molecule has 1 aliphatic rings. The number of fused-ring (bicyclic) bond motifs is 1. The Morgan fingerprint density at radius 2 is 2.17 bits per heavy atom. The van der Waals surface area contributed by atoms with E-state index in [1.54, 1.807) is 12.3 Å². The molecule has 1 aromatic carbocycles. The highest BCUT2D eigenvalue weighted by molar-refractivity contribution is 5.98. The van der Waals surface area contributed by atoms with Crippen LogP contribution in [0.3, 0.4) is 0 Å². The van der Waals surface area contributed by atoms with Crippen LogP contribution >= 0.6 is 0 Å². The molecule has 1 fully saturated rings. The Morgan fingerprint density at radius 1 is 1.34 bits per heavy atom. The summed E-state index contributed by atoms with van der Waals surface area (Å²) in [6.45, 7) is 0.0497. The maximum absolute atomic E-state index is 12.3. The Hall–Kier alpha value is -3.50. The van der Waals surface area contributed by atoms with Gasteiger partial charge in [-0.2, -0.15) is 5.26 Å². The summed E-state index contributed by atoms with van der Waals surface area (Å²) in [6, 6.07) is 13.6. The first kappa shape index (κ1) is 18.8. The second-order valence-electron chi connectivity index (χ2n) is 7.27. The van der Waals surface area contributed by atoms with Crippen molar-refractivity contribution in [2.24, 2.45) is 11.8 Å². The van der Waals surface area contributed by atoms with E-state index in [0.29, 0.717) is 35.6 Å². The number of pyridine rings is 2. The standard InChI is InChI=1S/C22H21N5O2/c23-7-5-14-9-17(14)22(29)27-20-11-15-10-19(26-21(24)18(15)12-25-20)16-4-2-1-3-13(16)6-8-28/h1-4,10-12,14,17,28H,5-6,8-9H2,(H2,24,26)(H,25,27,29)/t14-,17-/m0/s1. The van der Waals surface area contributed by atoms with Gasteiger partial charge in [0.05, 0.1) is 11.8 Å². The highest BCUT2D eigenvalue weighted by Gasteiger charge is 2.42. The van der Waals surface area contributed by atoms with Crippen LogP contribution in [-0.4, -0.2) is 27.6 Å². The average Bonchev–Trinajstić information content (AvgIpc) is 3.48. The fourth-order valence-electron chi connectivity index (χ4n) is 3.62. The summed E-state index contributed by atoms with van der Waals surface area (Å²) in [7, 11) is 0. The predicted octanol–water partition coefficient (Wildman–Crippen LogP) is 2.90. The Morgan fingerprint density at radius 3 is 2.97 bits per heavy atom. The molecule has 0 spiro atoms. The van der Waals surface area contributed by atoms with Crippen molar-refractivity contribution in [3.05, 3.63) is 48.2 Å². The second kappa shape index (κ2) is 7.86. The molecule has 1 aliphatic carbocycles. The van der Waals surface area contributed by atoms with Gasteiger partial charge in [0.25, 0.3) is 0 Å². The number of aliphatic hydroxyl groups is 1. The number of aliphatic hydroxyl groups excluding tert-OH is 1. The minimum absolute atomic E-state index is 0.0497. The molecule has 7 nitrogen and oxygen atoms in total. The number of nitriles is 1. The van der Waals surface area contributed by atoms with Gasteiger partial charge < -0.3 is 16.2 Å². The molecule has 1 saturated carbocycles. The van der Waals surface area contributed by atoms with Gasteiger partial charge in [0.2, 0.25) is 5.91 Å². The third-order valence-corrected chi connectivity index (χ3v) is 5.28. The van der Waals surface area contributed by atoms with E-state index >= 15 is 0 Å². The molecule has 0 bridgehead atoms. The Kier molecular flexibility index (Phi) is 5.10. The first-order valence-electron chi connectivity index (χ1n) is 9.54. The molecule has 7 heteroatoms. The minimum atomic E-state index is -0.115. The molecular formula is C22H21N5O2. The number of hydrogen-bond acceptors (Lipinski definition) is 6. The summed E-state index contributed by atoms with van der Waals surface area (Å²) >= 11 is 0. The van der Waals surface area contributed by atoms with Crippen LogP contribution < -0.4 is 11.1 Å². The van der Waals surface area contributed by atoms with Gasteiger partial charge in [0.15, 0.2) is 0 Å². The first-order valence-corrected chi connectivity index (χ1v) is 9.54. The number of carbonyl (C=O) groups excluding carboxylic acids is 1. The summed E-state index contributed by atoms with van der Waals surface area (Å²) in [5, 5.41) is 22.5. The van der Waals surface area contributed by atoms with Gasteiger partial charge in [0, 0.05) is 36.1 Å². The van der Waals surface area contributed by atoms with Crippen molar-refractivity contribution in [1.82, 2.24) is 9.97 Å². The zero-order chi connectivity index (χ0) is 20.4. The molecule has 2 heterocycles. The molecule has 29 heavy (non-hydrogen) atoms. The number of carbonyl (C=O) groups is 1. The minimum Gasteiger partial charge on any atom is -0.396 e. The zero-order valence-corrected chi connectivity index (χ0v) is 15.8. The molecule has 0 radical (unpaired) electrons. The number of anilines is 2. The number of aromatic nitrogens is 2.